The van der Waals surface area contributed by atoms with Crippen molar-refractivity contribution < 1.29 is 4.74 Å². The fourth-order valence-electron chi connectivity index (χ4n) is 3.56. The molecule has 3 atom stereocenters. The Labute approximate surface area is 125 Å². The van der Waals surface area contributed by atoms with Gasteiger partial charge in [-0.2, -0.15) is 0 Å². The molecule has 3 unspecified atom stereocenters. The zero-order valence-corrected chi connectivity index (χ0v) is 12.4. The van der Waals surface area contributed by atoms with Gasteiger partial charge in [-0.1, -0.05) is 18.3 Å². The van der Waals surface area contributed by atoms with Crippen LogP contribution in [0.3, 0.4) is 0 Å². The molecule has 0 N–H and O–H groups in total. The van der Waals surface area contributed by atoms with Gasteiger partial charge in [0.2, 0.25) is 0 Å². The van der Waals surface area contributed by atoms with Crippen molar-refractivity contribution in [3.8, 4) is 17.6 Å². The SMILES string of the molecule is ClCCC#Cc1cncc(OCC2CC3CCC2C3)c1. The van der Waals surface area contributed by atoms with E-state index in [0.717, 1.165) is 35.7 Å². The van der Waals surface area contributed by atoms with E-state index in [2.05, 4.69) is 16.8 Å². The van der Waals surface area contributed by atoms with Crippen LogP contribution in [-0.4, -0.2) is 17.5 Å². The Morgan fingerprint density at radius 1 is 1.30 bits per heavy atom. The van der Waals surface area contributed by atoms with Gasteiger partial charge >= 0.3 is 0 Å². The highest BCUT2D eigenvalue weighted by Crippen LogP contribution is 2.48. The third-order valence-corrected chi connectivity index (χ3v) is 4.70. The molecule has 2 fully saturated rings. The van der Waals surface area contributed by atoms with Crippen LogP contribution in [-0.2, 0) is 0 Å². The highest BCUT2D eigenvalue weighted by Gasteiger charge is 2.39. The van der Waals surface area contributed by atoms with Crippen LogP contribution >= 0.6 is 11.6 Å². The van der Waals surface area contributed by atoms with Crippen molar-refractivity contribution in [2.24, 2.45) is 17.8 Å². The molecular weight excluding hydrogens is 270 g/mol. The van der Waals surface area contributed by atoms with E-state index in [-0.39, 0.29) is 0 Å². The number of hydrogen-bond acceptors (Lipinski definition) is 2. The number of hydrogen-bond donors (Lipinski definition) is 0. The number of halogens is 1. The average Bonchev–Trinajstić information content (AvgIpc) is 3.08. The topological polar surface area (TPSA) is 22.1 Å². The number of aromatic nitrogens is 1. The van der Waals surface area contributed by atoms with Crippen LogP contribution in [0.2, 0.25) is 0 Å². The minimum atomic E-state index is 0.570. The van der Waals surface area contributed by atoms with Crippen molar-refractivity contribution in [2.75, 3.05) is 12.5 Å². The molecule has 3 rings (SSSR count). The molecule has 0 radical (unpaired) electrons. The fourth-order valence-corrected chi connectivity index (χ4v) is 3.66. The molecule has 2 saturated carbocycles. The Morgan fingerprint density at radius 3 is 3.00 bits per heavy atom. The Morgan fingerprint density at radius 2 is 2.25 bits per heavy atom. The second-order valence-electron chi connectivity index (χ2n) is 5.90. The number of pyridine rings is 1. The van der Waals surface area contributed by atoms with E-state index < -0.39 is 0 Å². The lowest BCUT2D eigenvalue weighted by molar-refractivity contribution is 0.194. The minimum absolute atomic E-state index is 0.570. The van der Waals surface area contributed by atoms with Gasteiger partial charge in [-0.15, -0.1) is 11.6 Å². The molecule has 2 bridgehead atoms. The standard InChI is InChI=1S/C17H20ClNO/c18-6-2-1-3-14-9-17(11-19-10-14)20-12-16-8-13-4-5-15(16)7-13/h9-11,13,15-16H,2,4-8,12H2. The van der Waals surface area contributed by atoms with Gasteiger partial charge in [0, 0.05) is 24.1 Å². The molecule has 106 valence electrons. The first-order valence-electron chi connectivity index (χ1n) is 7.48. The molecule has 1 aromatic rings. The quantitative estimate of drug-likeness (QED) is 0.620. The first kappa shape index (κ1) is 13.8. The van der Waals surface area contributed by atoms with Crippen LogP contribution < -0.4 is 4.74 Å². The van der Waals surface area contributed by atoms with Crippen LogP contribution in [0.25, 0.3) is 0 Å². The maximum absolute atomic E-state index is 5.93. The molecule has 0 amide bonds. The van der Waals surface area contributed by atoms with Gasteiger partial charge in [0.05, 0.1) is 12.8 Å². The molecule has 0 spiro atoms. The van der Waals surface area contributed by atoms with Gasteiger partial charge in [-0.25, -0.2) is 0 Å². The van der Waals surface area contributed by atoms with Crippen molar-refractivity contribution in [3.05, 3.63) is 24.0 Å². The van der Waals surface area contributed by atoms with Crippen molar-refractivity contribution in [1.29, 1.82) is 0 Å². The summed E-state index contributed by atoms with van der Waals surface area (Å²) >= 11 is 5.61. The third-order valence-electron chi connectivity index (χ3n) is 4.51. The lowest BCUT2D eigenvalue weighted by Gasteiger charge is -2.21. The molecule has 2 nitrogen and oxygen atoms in total. The van der Waals surface area contributed by atoms with Crippen molar-refractivity contribution >= 4 is 11.6 Å². The van der Waals surface area contributed by atoms with Gasteiger partial charge in [-0.3, -0.25) is 4.98 Å². The Bertz CT molecular complexity index is 519. The lowest BCUT2D eigenvalue weighted by Crippen LogP contribution is -2.18. The summed E-state index contributed by atoms with van der Waals surface area (Å²) in [6.07, 6.45) is 9.88. The van der Waals surface area contributed by atoms with E-state index in [1.807, 2.05) is 6.07 Å². The summed E-state index contributed by atoms with van der Waals surface area (Å²) in [5, 5.41) is 0. The number of nitrogens with zero attached hydrogens (tertiary/aromatic N) is 1. The third kappa shape index (κ3) is 3.27. The van der Waals surface area contributed by atoms with Crippen molar-refractivity contribution in [3.63, 3.8) is 0 Å². The normalized spacial score (nSPS) is 27.1. The van der Waals surface area contributed by atoms with Crippen LogP contribution in [0.15, 0.2) is 18.5 Å². The lowest BCUT2D eigenvalue weighted by atomic mass is 9.89. The monoisotopic (exact) mass is 289 g/mol. The summed E-state index contributed by atoms with van der Waals surface area (Å²) in [6.45, 7) is 0.835. The average molecular weight is 290 g/mol. The van der Waals surface area contributed by atoms with E-state index in [9.17, 15) is 0 Å². The van der Waals surface area contributed by atoms with E-state index in [0.29, 0.717) is 12.3 Å². The number of ether oxygens (including phenoxy) is 1. The summed E-state index contributed by atoms with van der Waals surface area (Å²) in [5.74, 6) is 10.1. The molecule has 0 aliphatic heterocycles. The number of alkyl halides is 1. The predicted octanol–water partition coefficient (Wildman–Crippen LogP) is 3.88. The summed E-state index contributed by atoms with van der Waals surface area (Å²) in [4.78, 5) is 4.20. The second-order valence-corrected chi connectivity index (χ2v) is 6.27. The van der Waals surface area contributed by atoms with Gasteiger partial charge in [-0.05, 0) is 43.1 Å². The fraction of sp³-hybridized carbons (Fsp3) is 0.588. The van der Waals surface area contributed by atoms with Crippen LogP contribution in [0, 0.1) is 29.6 Å². The Kier molecular flexibility index (Phi) is 4.47. The molecule has 2 aliphatic carbocycles. The Hall–Kier alpha value is -1.20. The van der Waals surface area contributed by atoms with Gasteiger partial charge in [0.25, 0.3) is 0 Å². The minimum Gasteiger partial charge on any atom is -0.492 e. The molecule has 0 aromatic carbocycles. The van der Waals surface area contributed by atoms with Gasteiger partial charge in [0.1, 0.15) is 5.75 Å². The molecule has 0 saturated heterocycles. The molecule has 1 aromatic heterocycles. The largest absolute Gasteiger partial charge is 0.492 e. The molecule has 20 heavy (non-hydrogen) atoms. The van der Waals surface area contributed by atoms with E-state index in [1.54, 1.807) is 12.4 Å². The predicted molar refractivity (Wildman–Crippen MR) is 80.9 cm³/mol. The highest BCUT2D eigenvalue weighted by molar-refractivity contribution is 6.18. The second kappa shape index (κ2) is 6.50. The summed E-state index contributed by atoms with van der Waals surface area (Å²) in [5.41, 5.74) is 0.903. The molecule has 1 heterocycles. The van der Waals surface area contributed by atoms with E-state index >= 15 is 0 Å². The van der Waals surface area contributed by atoms with Crippen molar-refractivity contribution in [2.45, 2.75) is 32.1 Å². The van der Waals surface area contributed by atoms with E-state index in [1.165, 1.54) is 25.7 Å². The molecule has 3 heteroatoms. The van der Waals surface area contributed by atoms with Gasteiger partial charge in [0.15, 0.2) is 0 Å². The van der Waals surface area contributed by atoms with Gasteiger partial charge < -0.3 is 4.74 Å². The van der Waals surface area contributed by atoms with E-state index in [4.69, 9.17) is 16.3 Å². The molecular formula is C17H20ClNO. The Balaban J connectivity index is 1.55. The molecule has 2 aliphatic rings. The number of fused-ring (bicyclic) bond motifs is 2. The summed E-state index contributed by atoms with van der Waals surface area (Å²) in [7, 11) is 0. The summed E-state index contributed by atoms with van der Waals surface area (Å²) in [6, 6.07) is 1.97. The zero-order chi connectivity index (χ0) is 13.8. The van der Waals surface area contributed by atoms with Crippen molar-refractivity contribution in [1.82, 2.24) is 4.98 Å². The zero-order valence-electron chi connectivity index (χ0n) is 11.6. The maximum Gasteiger partial charge on any atom is 0.138 e. The van der Waals surface area contributed by atoms with Crippen LogP contribution in [0.4, 0.5) is 0 Å². The highest BCUT2D eigenvalue weighted by atomic mass is 35.5. The summed E-state index contributed by atoms with van der Waals surface area (Å²) < 4.78 is 5.93. The van der Waals surface area contributed by atoms with Crippen LogP contribution in [0.5, 0.6) is 5.75 Å². The first-order chi connectivity index (χ1) is 9.85. The smallest absolute Gasteiger partial charge is 0.138 e. The number of rotatable bonds is 4. The van der Waals surface area contributed by atoms with Crippen LogP contribution in [0.1, 0.15) is 37.7 Å². The maximum atomic E-state index is 5.93. The first-order valence-corrected chi connectivity index (χ1v) is 8.01.